The van der Waals surface area contributed by atoms with Crippen LogP contribution in [0.1, 0.15) is 15.9 Å². The number of nitrogens with zero attached hydrogens (tertiary/aromatic N) is 1. The summed E-state index contributed by atoms with van der Waals surface area (Å²) >= 11 is 0. The Morgan fingerprint density at radius 3 is 2.67 bits per heavy atom. The number of hydrogen-bond donors (Lipinski definition) is 1. The summed E-state index contributed by atoms with van der Waals surface area (Å²) < 4.78 is 0. The molecule has 1 aromatic carbocycles. The minimum absolute atomic E-state index is 0.298. The van der Waals surface area contributed by atoms with Gasteiger partial charge in [0.1, 0.15) is 0 Å². The molecule has 1 rings (SSSR count). The number of carboxylic acids is 1. The third kappa shape index (κ3) is 3.08. The van der Waals surface area contributed by atoms with Crippen LogP contribution in [0.4, 0.5) is 0 Å². The lowest BCUT2D eigenvalue weighted by atomic mass is 10.1. The van der Waals surface area contributed by atoms with Crippen LogP contribution < -0.4 is 0 Å². The van der Waals surface area contributed by atoms with Gasteiger partial charge in [-0.15, -0.1) is 0 Å². The fourth-order valence-electron chi connectivity index (χ4n) is 0.985. The Balaban J connectivity index is 2.93. The zero-order valence-electron chi connectivity index (χ0n) is 7.68. The van der Waals surface area contributed by atoms with Crippen molar-refractivity contribution in [2.75, 3.05) is 0 Å². The van der Waals surface area contributed by atoms with E-state index in [1.54, 1.807) is 12.1 Å². The standard InChI is InChI=1S/C11H7NO3/c12-7-8-2-1-3-9(6-8)10(13)4-5-11(14)15/h1-6H,(H,14,15). The van der Waals surface area contributed by atoms with Crippen LogP contribution in [0.25, 0.3) is 0 Å². The molecule has 1 aromatic rings. The maximum atomic E-state index is 11.4. The van der Waals surface area contributed by atoms with E-state index in [4.69, 9.17) is 10.4 Å². The first-order valence-corrected chi connectivity index (χ1v) is 4.09. The second kappa shape index (κ2) is 4.72. The molecule has 0 aliphatic heterocycles. The molecular formula is C11H7NO3. The van der Waals surface area contributed by atoms with Crippen LogP contribution in [-0.4, -0.2) is 16.9 Å². The molecule has 0 saturated carbocycles. The third-order valence-electron chi connectivity index (χ3n) is 1.65. The summed E-state index contributed by atoms with van der Waals surface area (Å²) in [6, 6.07) is 7.97. The van der Waals surface area contributed by atoms with Crippen molar-refractivity contribution in [1.29, 1.82) is 5.26 Å². The molecule has 0 spiro atoms. The summed E-state index contributed by atoms with van der Waals surface area (Å²) in [7, 11) is 0. The van der Waals surface area contributed by atoms with Gasteiger partial charge in [0, 0.05) is 11.6 Å². The molecule has 0 unspecified atom stereocenters. The number of carbonyl (C=O) groups is 2. The minimum Gasteiger partial charge on any atom is -0.478 e. The lowest BCUT2D eigenvalue weighted by Crippen LogP contribution is -1.96. The molecule has 1 N–H and O–H groups in total. The Bertz CT molecular complexity index is 469. The molecule has 0 amide bonds. The highest BCUT2D eigenvalue weighted by molar-refractivity contribution is 6.06. The summed E-state index contributed by atoms with van der Waals surface area (Å²) in [6.45, 7) is 0. The second-order valence-electron chi connectivity index (χ2n) is 2.73. The Morgan fingerprint density at radius 1 is 1.33 bits per heavy atom. The van der Waals surface area contributed by atoms with Crippen molar-refractivity contribution in [2.24, 2.45) is 0 Å². The quantitative estimate of drug-likeness (QED) is 0.591. The van der Waals surface area contributed by atoms with E-state index in [2.05, 4.69) is 0 Å². The number of allylic oxidation sites excluding steroid dienone is 1. The molecule has 15 heavy (non-hydrogen) atoms. The molecule has 74 valence electrons. The second-order valence-corrected chi connectivity index (χ2v) is 2.73. The summed E-state index contributed by atoms with van der Waals surface area (Å²) in [5, 5.41) is 16.9. The molecule has 0 saturated heterocycles. The first kappa shape index (κ1) is 10.7. The first-order valence-electron chi connectivity index (χ1n) is 4.09. The van der Waals surface area contributed by atoms with E-state index in [0.29, 0.717) is 11.1 Å². The van der Waals surface area contributed by atoms with Gasteiger partial charge in [-0.05, 0) is 18.2 Å². The number of nitriles is 1. The van der Waals surface area contributed by atoms with Gasteiger partial charge in [-0.3, -0.25) is 4.79 Å². The van der Waals surface area contributed by atoms with Crippen LogP contribution in [0.15, 0.2) is 36.4 Å². The highest BCUT2D eigenvalue weighted by Gasteiger charge is 2.02. The Morgan fingerprint density at radius 2 is 2.07 bits per heavy atom. The molecule has 0 atom stereocenters. The number of benzene rings is 1. The van der Waals surface area contributed by atoms with Gasteiger partial charge in [0.05, 0.1) is 11.6 Å². The van der Waals surface area contributed by atoms with E-state index >= 15 is 0 Å². The topological polar surface area (TPSA) is 78.2 Å². The number of hydrogen-bond acceptors (Lipinski definition) is 3. The molecule has 0 bridgehead atoms. The zero-order valence-corrected chi connectivity index (χ0v) is 7.68. The lowest BCUT2D eigenvalue weighted by Gasteiger charge is -1.94. The molecule has 4 nitrogen and oxygen atoms in total. The van der Waals surface area contributed by atoms with Gasteiger partial charge < -0.3 is 5.11 Å². The molecule has 0 heterocycles. The predicted octanol–water partition coefficient (Wildman–Crippen LogP) is 1.38. The SMILES string of the molecule is N#Cc1cccc(C(=O)C=CC(=O)O)c1. The normalized spacial score (nSPS) is 9.80. The van der Waals surface area contributed by atoms with Crippen molar-refractivity contribution >= 4 is 11.8 Å². The first-order chi connectivity index (χ1) is 7.13. The van der Waals surface area contributed by atoms with Gasteiger partial charge in [-0.25, -0.2) is 4.79 Å². The van der Waals surface area contributed by atoms with E-state index in [1.165, 1.54) is 12.1 Å². The largest absolute Gasteiger partial charge is 0.478 e. The van der Waals surface area contributed by atoms with Crippen LogP contribution in [0.3, 0.4) is 0 Å². The maximum absolute atomic E-state index is 11.4. The Labute approximate surface area is 86.1 Å². The van der Waals surface area contributed by atoms with Gasteiger partial charge >= 0.3 is 5.97 Å². The monoisotopic (exact) mass is 201 g/mol. The number of aliphatic carboxylic acids is 1. The zero-order chi connectivity index (χ0) is 11.3. The van der Waals surface area contributed by atoms with Crippen molar-refractivity contribution in [3.8, 4) is 6.07 Å². The Hall–Kier alpha value is -2.41. The van der Waals surface area contributed by atoms with E-state index in [9.17, 15) is 9.59 Å². The fourth-order valence-corrected chi connectivity index (χ4v) is 0.985. The number of ketones is 1. The Kier molecular flexibility index (Phi) is 3.36. The van der Waals surface area contributed by atoms with Gasteiger partial charge in [-0.1, -0.05) is 12.1 Å². The van der Waals surface area contributed by atoms with Crippen molar-refractivity contribution in [1.82, 2.24) is 0 Å². The van der Waals surface area contributed by atoms with E-state index < -0.39 is 11.8 Å². The van der Waals surface area contributed by atoms with Gasteiger partial charge in [0.15, 0.2) is 5.78 Å². The third-order valence-corrected chi connectivity index (χ3v) is 1.65. The molecule has 4 heteroatoms. The summed E-state index contributed by atoms with van der Waals surface area (Å²) in [5.74, 6) is -1.62. The number of rotatable bonds is 3. The summed E-state index contributed by atoms with van der Waals surface area (Å²) in [6.07, 6.45) is 1.72. The maximum Gasteiger partial charge on any atom is 0.328 e. The van der Waals surface area contributed by atoms with Crippen molar-refractivity contribution in [3.63, 3.8) is 0 Å². The lowest BCUT2D eigenvalue weighted by molar-refractivity contribution is -0.131. The van der Waals surface area contributed by atoms with Gasteiger partial charge in [0.25, 0.3) is 0 Å². The van der Waals surface area contributed by atoms with Gasteiger partial charge in [0.2, 0.25) is 0 Å². The van der Waals surface area contributed by atoms with E-state index in [1.807, 2.05) is 6.07 Å². The van der Waals surface area contributed by atoms with Crippen LogP contribution in [0.2, 0.25) is 0 Å². The highest BCUT2D eigenvalue weighted by Crippen LogP contribution is 2.05. The van der Waals surface area contributed by atoms with Crippen LogP contribution >= 0.6 is 0 Å². The fraction of sp³-hybridized carbons (Fsp3) is 0. The van der Waals surface area contributed by atoms with Crippen molar-refractivity contribution < 1.29 is 14.7 Å². The van der Waals surface area contributed by atoms with Crippen LogP contribution in [0.5, 0.6) is 0 Å². The molecule has 0 fully saturated rings. The van der Waals surface area contributed by atoms with Crippen LogP contribution in [-0.2, 0) is 4.79 Å². The molecule has 0 radical (unpaired) electrons. The van der Waals surface area contributed by atoms with Crippen molar-refractivity contribution in [2.45, 2.75) is 0 Å². The van der Waals surface area contributed by atoms with E-state index in [0.717, 1.165) is 12.2 Å². The predicted molar refractivity (Wildman–Crippen MR) is 52.3 cm³/mol. The summed E-state index contributed by atoms with van der Waals surface area (Å²) in [4.78, 5) is 21.5. The average molecular weight is 201 g/mol. The number of carboxylic acid groups (broad SMARTS) is 1. The van der Waals surface area contributed by atoms with E-state index in [-0.39, 0.29) is 0 Å². The van der Waals surface area contributed by atoms with Crippen LogP contribution in [0, 0.1) is 11.3 Å². The highest BCUT2D eigenvalue weighted by atomic mass is 16.4. The molecule has 0 aliphatic carbocycles. The minimum atomic E-state index is -1.18. The molecular weight excluding hydrogens is 194 g/mol. The average Bonchev–Trinajstić information content (AvgIpc) is 2.26. The smallest absolute Gasteiger partial charge is 0.328 e. The molecule has 0 aliphatic rings. The summed E-state index contributed by atoms with van der Waals surface area (Å²) in [5.41, 5.74) is 0.663. The number of carbonyl (C=O) groups excluding carboxylic acids is 1. The van der Waals surface area contributed by atoms with Crippen molar-refractivity contribution in [3.05, 3.63) is 47.5 Å². The molecule has 0 aromatic heterocycles. The van der Waals surface area contributed by atoms with Gasteiger partial charge in [-0.2, -0.15) is 5.26 Å².